The van der Waals surface area contributed by atoms with Crippen LogP contribution in [0.2, 0.25) is 0 Å². The molecule has 1 heterocycles. The van der Waals surface area contributed by atoms with Crippen LogP contribution < -0.4 is 10.5 Å². The fourth-order valence-corrected chi connectivity index (χ4v) is 1.42. The first-order chi connectivity index (χ1) is 7.72. The molecule has 1 aromatic heterocycles. The Morgan fingerprint density at radius 1 is 1.31 bits per heavy atom. The van der Waals surface area contributed by atoms with Crippen molar-refractivity contribution in [3.8, 4) is 5.88 Å². The standard InChI is InChI=1S/C11H17N3O2/c1-7-9(12)13-10(8-3-4-8)14-11(7)16-6-5-15-2/h8H,3-6H2,1-2H3,(H2,12,13,14). The molecule has 0 radical (unpaired) electrons. The normalized spacial score (nSPS) is 15.1. The maximum Gasteiger partial charge on any atom is 0.221 e. The zero-order chi connectivity index (χ0) is 11.5. The van der Waals surface area contributed by atoms with Crippen LogP contribution in [0, 0.1) is 6.92 Å². The maximum absolute atomic E-state index is 5.83. The predicted molar refractivity (Wildman–Crippen MR) is 60.5 cm³/mol. The number of hydrogen-bond donors (Lipinski definition) is 1. The number of rotatable bonds is 5. The summed E-state index contributed by atoms with van der Waals surface area (Å²) < 4.78 is 10.4. The van der Waals surface area contributed by atoms with Gasteiger partial charge in [0.25, 0.3) is 0 Å². The van der Waals surface area contributed by atoms with Crippen molar-refractivity contribution in [2.45, 2.75) is 25.7 Å². The van der Waals surface area contributed by atoms with Gasteiger partial charge < -0.3 is 15.2 Å². The predicted octanol–water partition coefficient (Wildman–Crippen LogP) is 1.27. The van der Waals surface area contributed by atoms with E-state index in [1.807, 2.05) is 6.92 Å². The van der Waals surface area contributed by atoms with E-state index in [1.165, 1.54) is 0 Å². The molecule has 16 heavy (non-hydrogen) atoms. The molecule has 2 N–H and O–H groups in total. The van der Waals surface area contributed by atoms with Gasteiger partial charge in [-0.25, -0.2) is 4.98 Å². The quantitative estimate of drug-likeness (QED) is 0.761. The molecule has 5 heteroatoms. The summed E-state index contributed by atoms with van der Waals surface area (Å²) in [6.45, 7) is 2.90. The van der Waals surface area contributed by atoms with Gasteiger partial charge in [-0.05, 0) is 19.8 Å². The van der Waals surface area contributed by atoms with Gasteiger partial charge in [0.05, 0.1) is 12.2 Å². The summed E-state index contributed by atoms with van der Waals surface area (Å²) in [5.41, 5.74) is 6.63. The van der Waals surface area contributed by atoms with E-state index >= 15 is 0 Å². The smallest absolute Gasteiger partial charge is 0.221 e. The summed E-state index contributed by atoms with van der Waals surface area (Å²) in [7, 11) is 1.64. The molecule has 0 amide bonds. The molecule has 1 aromatic rings. The Morgan fingerprint density at radius 3 is 2.69 bits per heavy atom. The van der Waals surface area contributed by atoms with Crippen LogP contribution in [0.25, 0.3) is 0 Å². The summed E-state index contributed by atoms with van der Waals surface area (Å²) >= 11 is 0. The number of nitrogen functional groups attached to an aromatic ring is 1. The molecule has 1 saturated carbocycles. The van der Waals surface area contributed by atoms with Gasteiger partial charge in [-0.3, -0.25) is 0 Å². The van der Waals surface area contributed by atoms with Crippen molar-refractivity contribution in [2.75, 3.05) is 26.1 Å². The van der Waals surface area contributed by atoms with Gasteiger partial charge >= 0.3 is 0 Å². The highest BCUT2D eigenvalue weighted by Gasteiger charge is 2.28. The molecule has 0 spiro atoms. The van der Waals surface area contributed by atoms with Crippen LogP contribution >= 0.6 is 0 Å². The lowest BCUT2D eigenvalue weighted by atomic mass is 10.3. The van der Waals surface area contributed by atoms with Crippen LogP contribution in [0.4, 0.5) is 5.82 Å². The topological polar surface area (TPSA) is 70.3 Å². The van der Waals surface area contributed by atoms with Crippen LogP contribution in [0.15, 0.2) is 0 Å². The molecular formula is C11H17N3O2. The van der Waals surface area contributed by atoms with Crippen molar-refractivity contribution >= 4 is 5.82 Å². The number of anilines is 1. The molecule has 0 saturated heterocycles. The SMILES string of the molecule is COCCOc1nc(C2CC2)nc(N)c1C. The molecule has 2 rings (SSSR count). The lowest BCUT2D eigenvalue weighted by Gasteiger charge is -2.10. The third-order valence-corrected chi connectivity index (χ3v) is 2.62. The summed E-state index contributed by atoms with van der Waals surface area (Å²) in [5, 5.41) is 0. The van der Waals surface area contributed by atoms with E-state index in [-0.39, 0.29) is 0 Å². The number of aromatic nitrogens is 2. The van der Waals surface area contributed by atoms with E-state index < -0.39 is 0 Å². The minimum absolute atomic E-state index is 0.479. The molecule has 88 valence electrons. The zero-order valence-electron chi connectivity index (χ0n) is 9.69. The minimum Gasteiger partial charge on any atom is -0.475 e. The Morgan fingerprint density at radius 2 is 2.06 bits per heavy atom. The second-order valence-electron chi connectivity index (χ2n) is 4.01. The van der Waals surface area contributed by atoms with Gasteiger partial charge in [-0.2, -0.15) is 4.98 Å². The lowest BCUT2D eigenvalue weighted by molar-refractivity contribution is 0.143. The first kappa shape index (κ1) is 11.1. The Kier molecular flexibility index (Phi) is 3.24. The molecule has 5 nitrogen and oxygen atoms in total. The van der Waals surface area contributed by atoms with Gasteiger partial charge in [0.15, 0.2) is 0 Å². The maximum atomic E-state index is 5.83. The fraction of sp³-hybridized carbons (Fsp3) is 0.636. The lowest BCUT2D eigenvalue weighted by Crippen LogP contribution is -2.10. The summed E-state index contributed by atoms with van der Waals surface area (Å²) in [6, 6.07) is 0. The van der Waals surface area contributed by atoms with Crippen molar-refractivity contribution in [2.24, 2.45) is 0 Å². The second kappa shape index (κ2) is 4.65. The molecule has 0 unspecified atom stereocenters. The van der Waals surface area contributed by atoms with Crippen molar-refractivity contribution in [3.63, 3.8) is 0 Å². The molecule has 0 aliphatic heterocycles. The van der Waals surface area contributed by atoms with Crippen LogP contribution in [0.1, 0.15) is 30.1 Å². The van der Waals surface area contributed by atoms with E-state index in [0.29, 0.717) is 30.8 Å². The molecule has 0 bridgehead atoms. The largest absolute Gasteiger partial charge is 0.475 e. The fourth-order valence-electron chi connectivity index (χ4n) is 1.42. The number of ether oxygens (including phenoxy) is 2. The molecule has 1 aliphatic carbocycles. The van der Waals surface area contributed by atoms with E-state index in [0.717, 1.165) is 24.2 Å². The Hall–Kier alpha value is -1.36. The Balaban J connectivity index is 2.14. The first-order valence-corrected chi connectivity index (χ1v) is 5.48. The van der Waals surface area contributed by atoms with E-state index in [4.69, 9.17) is 15.2 Å². The Labute approximate surface area is 95.0 Å². The van der Waals surface area contributed by atoms with E-state index in [1.54, 1.807) is 7.11 Å². The molecule has 0 atom stereocenters. The average Bonchev–Trinajstić information content (AvgIpc) is 3.08. The van der Waals surface area contributed by atoms with Crippen LogP contribution in [-0.4, -0.2) is 30.3 Å². The first-order valence-electron chi connectivity index (χ1n) is 5.48. The third-order valence-electron chi connectivity index (χ3n) is 2.62. The monoisotopic (exact) mass is 223 g/mol. The van der Waals surface area contributed by atoms with Gasteiger partial charge in [-0.1, -0.05) is 0 Å². The molecular weight excluding hydrogens is 206 g/mol. The second-order valence-corrected chi connectivity index (χ2v) is 4.01. The minimum atomic E-state index is 0.479. The van der Waals surface area contributed by atoms with Crippen molar-refractivity contribution in [1.82, 2.24) is 9.97 Å². The molecule has 0 aromatic carbocycles. The third kappa shape index (κ3) is 2.41. The molecule has 1 aliphatic rings. The zero-order valence-corrected chi connectivity index (χ0v) is 9.69. The van der Waals surface area contributed by atoms with Gasteiger partial charge in [0.1, 0.15) is 18.2 Å². The number of nitrogens with two attached hydrogens (primary N) is 1. The van der Waals surface area contributed by atoms with Crippen molar-refractivity contribution in [1.29, 1.82) is 0 Å². The summed E-state index contributed by atoms with van der Waals surface area (Å²) in [4.78, 5) is 8.68. The number of nitrogens with zero attached hydrogens (tertiary/aromatic N) is 2. The van der Waals surface area contributed by atoms with E-state index in [2.05, 4.69) is 9.97 Å². The van der Waals surface area contributed by atoms with Gasteiger partial charge in [0, 0.05) is 13.0 Å². The highest BCUT2D eigenvalue weighted by Crippen LogP contribution is 2.39. The number of hydrogen-bond acceptors (Lipinski definition) is 5. The van der Waals surface area contributed by atoms with Crippen LogP contribution in [-0.2, 0) is 4.74 Å². The van der Waals surface area contributed by atoms with Crippen molar-refractivity contribution < 1.29 is 9.47 Å². The highest BCUT2D eigenvalue weighted by atomic mass is 16.5. The summed E-state index contributed by atoms with van der Waals surface area (Å²) in [5.74, 6) is 2.40. The van der Waals surface area contributed by atoms with Gasteiger partial charge in [0.2, 0.25) is 5.88 Å². The number of methoxy groups -OCH3 is 1. The summed E-state index contributed by atoms with van der Waals surface area (Å²) in [6.07, 6.45) is 2.31. The van der Waals surface area contributed by atoms with Crippen molar-refractivity contribution in [3.05, 3.63) is 11.4 Å². The van der Waals surface area contributed by atoms with Crippen LogP contribution in [0.3, 0.4) is 0 Å². The average molecular weight is 223 g/mol. The van der Waals surface area contributed by atoms with Gasteiger partial charge in [-0.15, -0.1) is 0 Å². The highest BCUT2D eigenvalue weighted by molar-refractivity contribution is 5.45. The Bertz CT molecular complexity index is 378. The van der Waals surface area contributed by atoms with Crippen LogP contribution in [0.5, 0.6) is 5.88 Å². The molecule has 1 fully saturated rings. The van der Waals surface area contributed by atoms with E-state index in [9.17, 15) is 0 Å².